The molecule has 0 saturated heterocycles. The molecule has 106 valence electrons. The van der Waals surface area contributed by atoms with Crippen molar-refractivity contribution < 1.29 is 27.4 Å². The Morgan fingerprint density at radius 2 is 1.65 bits per heavy atom. The fourth-order valence-electron chi connectivity index (χ4n) is 1.81. The molecule has 1 N–H and O–H groups in total. The molecule has 2 aromatic carbocycles. The van der Waals surface area contributed by atoms with Gasteiger partial charge in [0.2, 0.25) is 0 Å². The van der Waals surface area contributed by atoms with Crippen LogP contribution in [0.2, 0.25) is 0 Å². The number of aliphatic hydroxyl groups excluding tert-OH is 1. The van der Waals surface area contributed by atoms with Crippen LogP contribution in [0.4, 0.5) is 17.6 Å². The summed E-state index contributed by atoms with van der Waals surface area (Å²) in [5, 5.41) is 9.17. The van der Waals surface area contributed by atoms with E-state index in [0.717, 1.165) is 12.1 Å². The van der Waals surface area contributed by atoms with Crippen LogP contribution >= 0.6 is 0 Å². The lowest BCUT2D eigenvalue weighted by Crippen LogP contribution is -2.16. The van der Waals surface area contributed by atoms with Gasteiger partial charge >= 0.3 is 6.36 Å². The standard InChI is InChI=1S/C14H10F4O2/c15-11-3-6-13(10(7-11)8-19)9-1-4-12(5-2-9)20-14(16,17)18/h1-7,19H,8H2. The number of halogens is 4. The van der Waals surface area contributed by atoms with E-state index in [4.69, 9.17) is 0 Å². The third-order valence-corrected chi connectivity index (χ3v) is 2.64. The number of hydrogen-bond donors (Lipinski definition) is 1. The minimum Gasteiger partial charge on any atom is -0.406 e. The van der Waals surface area contributed by atoms with Crippen molar-refractivity contribution >= 4 is 0 Å². The zero-order valence-corrected chi connectivity index (χ0v) is 10.1. The van der Waals surface area contributed by atoms with Crippen LogP contribution in [0.15, 0.2) is 42.5 Å². The van der Waals surface area contributed by atoms with Crippen LogP contribution < -0.4 is 4.74 Å². The number of aliphatic hydroxyl groups is 1. The van der Waals surface area contributed by atoms with Gasteiger partial charge in [0.1, 0.15) is 11.6 Å². The topological polar surface area (TPSA) is 29.5 Å². The van der Waals surface area contributed by atoms with Gasteiger partial charge in [-0.15, -0.1) is 13.2 Å². The van der Waals surface area contributed by atoms with Gasteiger partial charge in [-0.1, -0.05) is 18.2 Å². The van der Waals surface area contributed by atoms with Crippen LogP contribution in [0.25, 0.3) is 11.1 Å². The van der Waals surface area contributed by atoms with Crippen LogP contribution in [-0.4, -0.2) is 11.5 Å². The number of benzene rings is 2. The van der Waals surface area contributed by atoms with Gasteiger partial charge in [-0.25, -0.2) is 4.39 Å². The third-order valence-electron chi connectivity index (χ3n) is 2.64. The molecule has 0 aliphatic carbocycles. The summed E-state index contributed by atoms with van der Waals surface area (Å²) >= 11 is 0. The molecule has 0 atom stereocenters. The smallest absolute Gasteiger partial charge is 0.406 e. The zero-order chi connectivity index (χ0) is 14.8. The molecule has 0 aliphatic rings. The summed E-state index contributed by atoms with van der Waals surface area (Å²) in [6.45, 7) is -0.367. The molecule has 0 spiro atoms. The van der Waals surface area contributed by atoms with Crippen molar-refractivity contribution in [2.24, 2.45) is 0 Å². The van der Waals surface area contributed by atoms with Crippen LogP contribution in [-0.2, 0) is 6.61 Å². The Morgan fingerprint density at radius 1 is 1.00 bits per heavy atom. The Labute approximate surface area is 112 Å². The molecule has 2 nitrogen and oxygen atoms in total. The zero-order valence-electron chi connectivity index (χ0n) is 10.1. The van der Waals surface area contributed by atoms with E-state index < -0.39 is 12.2 Å². The van der Waals surface area contributed by atoms with Gasteiger partial charge < -0.3 is 9.84 Å². The van der Waals surface area contributed by atoms with E-state index in [9.17, 15) is 22.7 Å². The first kappa shape index (κ1) is 14.3. The Bertz CT molecular complexity index is 591. The molecule has 0 fully saturated rings. The minimum atomic E-state index is -4.74. The van der Waals surface area contributed by atoms with E-state index in [-0.39, 0.29) is 12.4 Å². The van der Waals surface area contributed by atoms with Gasteiger partial charge in [0, 0.05) is 0 Å². The summed E-state index contributed by atoms with van der Waals surface area (Å²) in [4.78, 5) is 0. The lowest BCUT2D eigenvalue weighted by Gasteiger charge is -2.11. The van der Waals surface area contributed by atoms with Crippen molar-refractivity contribution in [1.29, 1.82) is 0 Å². The SMILES string of the molecule is OCc1cc(F)ccc1-c1ccc(OC(F)(F)F)cc1. The van der Waals surface area contributed by atoms with Crippen LogP contribution in [0.1, 0.15) is 5.56 Å². The Hall–Kier alpha value is -2.08. The highest BCUT2D eigenvalue weighted by molar-refractivity contribution is 5.67. The highest BCUT2D eigenvalue weighted by Gasteiger charge is 2.30. The molecule has 0 unspecified atom stereocenters. The van der Waals surface area contributed by atoms with Gasteiger partial charge in [-0.05, 0) is 41.0 Å². The Morgan fingerprint density at radius 3 is 2.20 bits per heavy atom. The molecule has 2 rings (SSSR count). The first-order valence-electron chi connectivity index (χ1n) is 5.64. The van der Waals surface area contributed by atoms with E-state index in [1.165, 1.54) is 30.3 Å². The lowest BCUT2D eigenvalue weighted by atomic mass is 10.00. The van der Waals surface area contributed by atoms with Gasteiger partial charge in [-0.2, -0.15) is 0 Å². The second kappa shape index (κ2) is 5.50. The highest BCUT2D eigenvalue weighted by atomic mass is 19.4. The second-order valence-electron chi connectivity index (χ2n) is 4.03. The van der Waals surface area contributed by atoms with Gasteiger partial charge in [-0.3, -0.25) is 0 Å². The molecule has 2 aromatic rings. The van der Waals surface area contributed by atoms with Crippen LogP contribution in [0.3, 0.4) is 0 Å². The molecule has 0 aliphatic heterocycles. The monoisotopic (exact) mass is 286 g/mol. The van der Waals surface area contributed by atoms with Crippen molar-refractivity contribution in [3.63, 3.8) is 0 Å². The summed E-state index contributed by atoms with van der Waals surface area (Å²) < 4.78 is 52.9. The highest BCUT2D eigenvalue weighted by Crippen LogP contribution is 2.28. The van der Waals surface area contributed by atoms with Crippen molar-refractivity contribution in [2.45, 2.75) is 13.0 Å². The predicted octanol–water partition coefficient (Wildman–Crippen LogP) is 3.88. The molecule has 0 saturated carbocycles. The average molecular weight is 286 g/mol. The van der Waals surface area contributed by atoms with Gasteiger partial charge in [0.25, 0.3) is 0 Å². The first-order chi connectivity index (χ1) is 9.39. The summed E-state index contributed by atoms with van der Waals surface area (Å²) in [7, 11) is 0. The van der Waals surface area contributed by atoms with E-state index >= 15 is 0 Å². The molecule has 0 bridgehead atoms. The van der Waals surface area contributed by atoms with E-state index in [0.29, 0.717) is 16.7 Å². The maximum Gasteiger partial charge on any atom is 0.573 e. The molecule has 0 amide bonds. The fourth-order valence-corrected chi connectivity index (χ4v) is 1.81. The normalized spacial score (nSPS) is 11.4. The fraction of sp³-hybridized carbons (Fsp3) is 0.143. The molecule has 6 heteroatoms. The van der Waals surface area contributed by atoms with Crippen LogP contribution in [0.5, 0.6) is 5.75 Å². The van der Waals surface area contributed by atoms with Crippen molar-refractivity contribution in [3.05, 3.63) is 53.8 Å². The minimum absolute atomic E-state index is 0.339. The Kier molecular flexibility index (Phi) is 3.94. The van der Waals surface area contributed by atoms with Crippen LogP contribution in [0, 0.1) is 5.82 Å². The van der Waals surface area contributed by atoms with Gasteiger partial charge in [0.15, 0.2) is 0 Å². The maximum absolute atomic E-state index is 13.0. The van der Waals surface area contributed by atoms with E-state index in [2.05, 4.69) is 4.74 Å². The number of hydrogen-bond acceptors (Lipinski definition) is 2. The van der Waals surface area contributed by atoms with E-state index in [1.54, 1.807) is 0 Å². The number of ether oxygens (including phenoxy) is 1. The van der Waals surface area contributed by atoms with Crippen molar-refractivity contribution in [3.8, 4) is 16.9 Å². The lowest BCUT2D eigenvalue weighted by molar-refractivity contribution is -0.274. The average Bonchev–Trinajstić information content (AvgIpc) is 2.38. The summed E-state index contributed by atoms with van der Waals surface area (Å²) in [6.07, 6.45) is -4.74. The van der Waals surface area contributed by atoms with E-state index in [1.807, 2.05) is 0 Å². The summed E-state index contributed by atoms with van der Waals surface area (Å²) in [5.74, 6) is -0.830. The summed E-state index contributed by atoms with van der Waals surface area (Å²) in [6, 6.07) is 8.99. The number of rotatable bonds is 3. The first-order valence-corrected chi connectivity index (χ1v) is 5.64. The van der Waals surface area contributed by atoms with Gasteiger partial charge in [0.05, 0.1) is 6.61 Å². The second-order valence-corrected chi connectivity index (χ2v) is 4.03. The molecular formula is C14H10F4O2. The number of alkyl halides is 3. The molecule has 0 heterocycles. The quantitative estimate of drug-likeness (QED) is 0.868. The maximum atomic E-state index is 13.0. The Balaban J connectivity index is 2.30. The van der Waals surface area contributed by atoms with Crippen molar-refractivity contribution in [1.82, 2.24) is 0 Å². The molecule has 0 aromatic heterocycles. The molecular weight excluding hydrogens is 276 g/mol. The summed E-state index contributed by atoms with van der Waals surface area (Å²) in [5.41, 5.74) is 1.46. The predicted molar refractivity (Wildman–Crippen MR) is 64.4 cm³/mol. The molecule has 20 heavy (non-hydrogen) atoms. The third kappa shape index (κ3) is 3.48. The largest absolute Gasteiger partial charge is 0.573 e. The molecule has 0 radical (unpaired) electrons. The van der Waals surface area contributed by atoms with Crippen molar-refractivity contribution in [2.75, 3.05) is 0 Å².